The lowest BCUT2D eigenvalue weighted by Gasteiger charge is -1.83. The summed E-state index contributed by atoms with van der Waals surface area (Å²) in [6.45, 7) is 1.56. The van der Waals surface area contributed by atoms with Gasteiger partial charge in [0.1, 0.15) is 0 Å². The number of carbonyl (C=O) groups excluding carboxylic acids is 1. The maximum absolute atomic E-state index is 10.7. The molecule has 0 spiro atoms. The van der Waals surface area contributed by atoms with Crippen LogP contribution in [0.5, 0.6) is 0 Å². The highest BCUT2D eigenvalue weighted by Crippen LogP contribution is 2.18. The topological polar surface area (TPSA) is 17.1 Å². The van der Waals surface area contributed by atoms with Crippen molar-refractivity contribution in [2.45, 2.75) is 12.8 Å². The number of thiophene rings is 1. The lowest BCUT2D eigenvalue weighted by Crippen LogP contribution is -1.83. The van der Waals surface area contributed by atoms with Gasteiger partial charge in [-0.1, -0.05) is 0 Å². The average Bonchev–Trinajstić information content (AvgIpc) is 2.34. The summed E-state index contributed by atoms with van der Waals surface area (Å²) in [4.78, 5) is 12.6. The molecule has 1 aromatic rings. The SMILES string of the molecule is CC(=O)c1ccc(CCl)s1. The van der Waals surface area contributed by atoms with E-state index in [-0.39, 0.29) is 5.78 Å². The molecular weight excluding hydrogens is 168 g/mol. The van der Waals surface area contributed by atoms with E-state index in [1.807, 2.05) is 12.1 Å². The van der Waals surface area contributed by atoms with Gasteiger partial charge in [-0.05, 0) is 19.1 Å². The fourth-order valence-electron chi connectivity index (χ4n) is 0.639. The molecule has 0 bridgehead atoms. The summed E-state index contributed by atoms with van der Waals surface area (Å²) in [5.41, 5.74) is 0. The molecule has 0 aromatic carbocycles. The monoisotopic (exact) mass is 174 g/mol. The summed E-state index contributed by atoms with van der Waals surface area (Å²) in [5, 5.41) is 0. The predicted octanol–water partition coefficient (Wildman–Crippen LogP) is 2.69. The van der Waals surface area contributed by atoms with E-state index in [0.29, 0.717) is 5.88 Å². The van der Waals surface area contributed by atoms with Crippen molar-refractivity contribution in [1.82, 2.24) is 0 Å². The molecule has 0 N–H and O–H groups in total. The molecule has 1 nitrogen and oxygen atoms in total. The molecule has 0 aliphatic rings. The molecule has 0 aliphatic carbocycles. The van der Waals surface area contributed by atoms with Gasteiger partial charge < -0.3 is 0 Å². The highest BCUT2D eigenvalue weighted by Gasteiger charge is 2.01. The summed E-state index contributed by atoms with van der Waals surface area (Å²) in [6.07, 6.45) is 0. The van der Waals surface area contributed by atoms with E-state index < -0.39 is 0 Å². The molecule has 54 valence electrons. The van der Waals surface area contributed by atoms with Gasteiger partial charge in [0.2, 0.25) is 0 Å². The molecule has 0 saturated heterocycles. The molecule has 1 rings (SSSR count). The van der Waals surface area contributed by atoms with Gasteiger partial charge in [0.15, 0.2) is 5.78 Å². The Hall–Kier alpha value is -0.340. The third kappa shape index (κ3) is 1.58. The quantitative estimate of drug-likeness (QED) is 0.498. The lowest BCUT2D eigenvalue weighted by atomic mass is 10.3. The number of halogens is 1. The zero-order valence-corrected chi connectivity index (χ0v) is 7.13. The third-order valence-electron chi connectivity index (χ3n) is 1.14. The van der Waals surface area contributed by atoms with E-state index in [0.717, 1.165) is 9.75 Å². The van der Waals surface area contributed by atoms with Gasteiger partial charge in [-0.15, -0.1) is 22.9 Å². The van der Waals surface area contributed by atoms with Crippen LogP contribution in [0.25, 0.3) is 0 Å². The molecule has 1 aromatic heterocycles. The third-order valence-corrected chi connectivity index (χ3v) is 2.77. The van der Waals surface area contributed by atoms with Crippen LogP contribution in [0.15, 0.2) is 12.1 Å². The van der Waals surface area contributed by atoms with Crippen molar-refractivity contribution in [1.29, 1.82) is 0 Å². The highest BCUT2D eigenvalue weighted by molar-refractivity contribution is 7.14. The summed E-state index contributed by atoms with van der Waals surface area (Å²) in [5.74, 6) is 0.610. The Bertz CT molecular complexity index is 242. The van der Waals surface area contributed by atoms with Crippen molar-refractivity contribution in [2.75, 3.05) is 0 Å². The van der Waals surface area contributed by atoms with E-state index in [2.05, 4.69) is 0 Å². The summed E-state index contributed by atoms with van der Waals surface area (Å²) in [7, 11) is 0. The second kappa shape index (κ2) is 3.17. The van der Waals surface area contributed by atoms with Crippen LogP contribution >= 0.6 is 22.9 Å². The first-order chi connectivity index (χ1) is 4.74. The van der Waals surface area contributed by atoms with Crippen molar-refractivity contribution < 1.29 is 4.79 Å². The Labute approximate surface area is 68.6 Å². The van der Waals surface area contributed by atoms with E-state index in [1.54, 1.807) is 6.92 Å². The maximum atomic E-state index is 10.7. The van der Waals surface area contributed by atoms with Crippen LogP contribution in [0.3, 0.4) is 0 Å². The fourth-order valence-corrected chi connectivity index (χ4v) is 1.64. The number of carbonyl (C=O) groups is 1. The molecule has 0 aliphatic heterocycles. The van der Waals surface area contributed by atoms with Crippen molar-refractivity contribution in [2.24, 2.45) is 0 Å². The number of ketones is 1. The van der Waals surface area contributed by atoms with Crippen LogP contribution in [0.4, 0.5) is 0 Å². The van der Waals surface area contributed by atoms with Gasteiger partial charge in [-0.3, -0.25) is 4.79 Å². The molecule has 0 saturated carbocycles. The first kappa shape index (κ1) is 7.76. The molecule has 1 heterocycles. The Morgan fingerprint density at radius 3 is 2.70 bits per heavy atom. The first-order valence-electron chi connectivity index (χ1n) is 2.89. The molecule has 0 amide bonds. The summed E-state index contributed by atoms with van der Waals surface area (Å²) >= 11 is 7.00. The minimum Gasteiger partial charge on any atom is -0.294 e. The molecule has 0 atom stereocenters. The Morgan fingerprint density at radius 2 is 2.40 bits per heavy atom. The first-order valence-corrected chi connectivity index (χ1v) is 4.24. The molecule has 10 heavy (non-hydrogen) atoms. The summed E-state index contributed by atoms with van der Waals surface area (Å²) in [6, 6.07) is 3.69. The number of Topliss-reactive ketones (excluding diaryl/α,β-unsaturated/α-hetero) is 1. The molecule has 0 radical (unpaired) electrons. The van der Waals surface area contributed by atoms with Gasteiger partial charge in [-0.25, -0.2) is 0 Å². The van der Waals surface area contributed by atoms with Crippen molar-refractivity contribution >= 4 is 28.7 Å². The van der Waals surface area contributed by atoms with Crippen LogP contribution in [0, 0.1) is 0 Å². The van der Waals surface area contributed by atoms with Gasteiger partial charge in [0, 0.05) is 4.88 Å². The largest absolute Gasteiger partial charge is 0.294 e. The molecule has 0 unspecified atom stereocenters. The molecule has 3 heteroatoms. The highest BCUT2D eigenvalue weighted by atomic mass is 35.5. The van der Waals surface area contributed by atoms with Gasteiger partial charge >= 0.3 is 0 Å². The van der Waals surface area contributed by atoms with Crippen LogP contribution in [0.1, 0.15) is 21.5 Å². The van der Waals surface area contributed by atoms with E-state index in [4.69, 9.17) is 11.6 Å². The standard InChI is InChI=1S/C7H7ClOS/c1-5(9)7-3-2-6(4-8)10-7/h2-3H,4H2,1H3. The van der Waals surface area contributed by atoms with Crippen LogP contribution < -0.4 is 0 Å². The van der Waals surface area contributed by atoms with Crippen LogP contribution in [-0.4, -0.2) is 5.78 Å². The van der Waals surface area contributed by atoms with E-state index >= 15 is 0 Å². The zero-order chi connectivity index (χ0) is 7.56. The maximum Gasteiger partial charge on any atom is 0.169 e. The second-order valence-corrected chi connectivity index (χ2v) is 3.39. The number of rotatable bonds is 2. The fraction of sp³-hybridized carbons (Fsp3) is 0.286. The number of alkyl halides is 1. The zero-order valence-electron chi connectivity index (χ0n) is 5.56. The summed E-state index contributed by atoms with van der Waals surface area (Å²) < 4.78 is 0. The minimum absolute atomic E-state index is 0.112. The van der Waals surface area contributed by atoms with Crippen molar-refractivity contribution in [3.05, 3.63) is 21.9 Å². The number of hydrogen-bond acceptors (Lipinski definition) is 2. The van der Waals surface area contributed by atoms with Gasteiger partial charge in [0.25, 0.3) is 0 Å². The average molecular weight is 175 g/mol. The molecular formula is C7H7ClOS. The van der Waals surface area contributed by atoms with Crippen LogP contribution in [0.2, 0.25) is 0 Å². The van der Waals surface area contributed by atoms with Gasteiger partial charge in [0.05, 0.1) is 10.8 Å². The smallest absolute Gasteiger partial charge is 0.169 e. The Kier molecular flexibility index (Phi) is 2.46. The predicted molar refractivity (Wildman–Crippen MR) is 43.9 cm³/mol. The Morgan fingerprint density at radius 1 is 1.70 bits per heavy atom. The lowest BCUT2D eigenvalue weighted by molar-refractivity contribution is 0.102. The van der Waals surface area contributed by atoms with Crippen molar-refractivity contribution in [3.8, 4) is 0 Å². The second-order valence-electron chi connectivity index (χ2n) is 1.96. The van der Waals surface area contributed by atoms with E-state index in [9.17, 15) is 4.79 Å². The normalized spacial score (nSPS) is 9.80. The number of hydrogen-bond donors (Lipinski definition) is 0. The van der Waals surface area contributed by atoms with Crippen LogP contribution in [-0.2, 0) is 5.88 Å². The van der Waals surface area contributed by atoms with Gasteiger partial charge in [-0.2, -0.15) is 0 Å². The van der Waals surface area contributed by atoms with Crippen molar-refractivity contribution in [3.63, 3.8) is 0 Å². The molecule has 0 fully saturated rings. The van der Waals surface area contributed by atoms with E-state index in [1.165, 1.54) is 11.3 Å². The Balaban J connectivity index is 2.88. The minimum atomic E-state index is 0.112.